The molecule has 1 saturated heterocycles. The van der Waals surface area contributed by atoms with Gasteiger partial charge in [0.2, 0.25) is 0 Å². The lowest BCUT2D eigenvalue weighted by Gasteiger charge is -2.18. The highest BCUT2D eigenvalue weighted by molar-refractivity contribution is 6.01. The predicted octanol–water partition coefficient (Wildman–Crippen LogP) is 1.91. The Morgan fingerprint density at radius 2 is 2.16 bits per heavy atom. The van der Waals surface area contributed by atoms with E-state index in [0.717, 1.165) is 11.3 Å². The summed E-state index contributed by atoms with van der Waals surface area (Å²) in [5.74, 6) is -1.31. The number of carbonyl (C=O) groups excluding carboxylic acids is 1. The highest BCUT2D eigenvalue weighted by Crippen LogP contribution is 2.19. The van der Waals surface area contributed by atoms with Crippen LogP contribution >= 0.6 is 0 Å². The molecule has 2 atom stereocenters. The number of urea groups is 1. The molecule has 0 aromatic heterocycles. The molecule has 2 aliphatic heterocycles. The number of aryl methyl sites for hydroxylation is 2. The fraction of sp³-hybridized carbons (Fsp3) is 0.500. The molecule has 1 aromatic rings. The van der Waals surface area contributed by atoms with Crippen LogP contribution in [0.5, 0.6) is 0 Å². The Morgan fingerprint density at radius 1 is 1.36 bits per heavy atom. The van der Waals surface area contributed by atoms with Crippen molar-refractivity contribution in [3.63, 3.8) is 0 Å². The van der Waals surface area contributed by atoms with E-state index in [-0.39, 0.29) is 18.7 Å². The topological polar surface area (TPSA) is 91.2 Å². The Balaban J connectivity index is 1.47. The molecular weight excluding hydrogens is 322 g/mol. The molecule has 1 aromatic carbocycles. The van der Waals surface area contributed by atoms with Crippen molar-refractivity contribution in [1.29, 1.82) is 0 Å². The van der Waals surface area contributed by atoms with Crippen LogP contribution in [0.2, 0.25) is 0 Å². The molecule has 2 aliphatic rings. The molecule has 0 spiro atoms. The molecular formula is C18H23N3O4. The summed E-state index contributed by atoms with van der Waals surface area (Å²) in [6.45, 7) is 5.21. The van der Waals surface area contributed by atoms with E-state index >= 15 is 0 Å². The van der Waals surface area contributed by atoms with Gasteiger partial charge in [-0.2, -0.15) is 0 Å². The number of aliphatic carboxylic acids is 1. The first-order chi connectivity index (χ1) is 11.9. The molecule has 2 heterocycles. The first-order valence-corrected chi connectivity index (χ1v) is 8.50. The summed E-state index contributed by atoms with van der Waals surface area (Å²) in [5.41, 5.74) is 4.37. The van der Waals surface area contributed by atoms with Crippen LogP contribution in [0.4, 0.5) is 4.79 Å². The summed E-state index contributed by atoms with van der Waals surface area (Å²) in [5, 5.41) is 16.0. The van der Waals surface area contributed by atoms with Crippen LogP contribution in [0.1, 0.15) is 29.5 Å². The Bertz CT molecular complexity index is 716. The van der Waals surface area contributed by atoms with Gasteiger partial charge in [-0.3, -0.25) is 4.79 Å². The Labute approximate surface area is 146 Å². The molecule has 0 bridgehead atoms. The van der Waals surface area contributed by atoms with Crippen molar-refractivity contribution in [3.8, 4) is 0 Å². The third-order valence-corrected chi connectivity index (χ3v) is 4.88. The average Bonchev–Trinajstić information content (AvgIpc) is 3.24. The summed E-state index contributed by atoms with van der Waals surface area (Å²) in [7, 11) is 0. The molecule has 3 rings (SSSR count). The smallest absolute Gasteiger partial charge is 0.317 e. The molecule has 7 heteroatoms. The zero-order chi connectivity index (χ0) is 18.0. The number of nitrogens with zero attached hydrogens (tertiary/aromatic N) is 2. The maximum Gasteiger partial charge on any atom is 0.317 e. The van der Waals surface area contributed by atoms with Gasteiger partial charge in [-0.1, -0.05) is 17.3 Å². The van der Waals surface area contributed by atoms with Crippen molar-refractivity contribution in [3.05, 3.63) is 34.9 Å². The van der Waals surface area contributed by atoms with Gasteiger partial charge in [-0.05, 0) is 43.0 Å². The van der Waals surface area contributed by atoms with Gasteiger partial charge in [0.05, 0.1) is 18.2 Å². The number of amides is 2. The monoisotopic (exact) mass is 345 g/mol. The third kappa shape index (κ3) is 3.92. The van der Waals surface area contributed by atoms with Crippen molar-refractivity contribution >= 4 is 17.7 Å². The van der Waals surface area contributed by atoms with Crippen LogP contribution < -0.4 is 5.32 Å². The minimum absolute atomic E-state index is 0.196. The van der Waals surface area contributed by atoms with Gasteiger partial charge in [0.25, 0.3) is 0 Å². The number of hydrogen-bond donors (Lipinski definition) is 2. The quantitative estimate of drug-likeness (QED) is 0.872. The second-order valence-electron chi connectivity index (χ2n) is 6.72. The number of carboxylic acid groups (broad SMARTS) is 1. The number of rotatable bonds is 4. The van der Waals surface area contributed by atoms with E-state index in [1.165, 1.54) is 11.1 Å². The van der Waals surface area contributed by atoms with E-state index < -0.39 is 11.9 Å². The third-order valence-electron chi connectivity index (χ3n) is 4.88. The van der Waals surface area contributed by atoms with Gasteiger partial charge in [0.15, 0.2) is 6.10 Å². The zero-order valence-electron chi connectivity index (χ0n) is 14.5. The molecule has 2 N–H and O–H groups in total. The fourth-order valence-corrected chi connectivity index (χ4v) is 3.09. The molecule has 0 radical (unpaired) electrons. The summed E-state index contributed by atoms with van der Waals surface area (Å²) >= 11 is 0. The Kier molecular flexibility index (Phi) is 4.92. The van der Waals surface area contributed by atoms with E-state index in [4.69, 9.17) is 9.94 Å². The highest BCUT2D eigenvalue weighted by atomic mass is 16.6. The molecule has 2 amide bonds. The van der Waals surface area contributed by atoms with Crippen LogP contribution in [0.15, 0.2) is 23.4 Å². The second kappa shape index (κ2) is 7.13. The van der Waals surface area contributed by atoms with Crippen LogP contribution in [0.25, 0.3) is 0 Å². The van der Waals surface area contributed by atoms with Gasteiger partial charge in [-0.25, -0.2) is 4.79 Å². The lowest BCUT2D eigenvalue weighted by Crippen LogP contribution is -2.42. The van der Waals surface area contributed by atoms with Crippen LogP contribution in [-0.4, -0.2) is 53.5 Å². The average molecular weight is 345 g/mol. The SMILES string of the molecule is Cc1ccc(C2=NOC(CNC(=O)N3CCC(C(=O)O)C3)C2)cc1C. The molecule has 2 unspecified atom stereocenters. The molecule has 1 fully saturated rings. The van der Waals surface area contributed by atoms with Crippen molar-refractivity contribution in [2.24, 2.45) is 11.1 Å². The van der Waals surface area contributed by atoms with E-state index in [1.807, 2.05) is 6.07 Å². The van der Waals surface area contributed by atoms with Crippen LogP contribution in [0.3, 0.4) is 0 Å². The van der Waals surface area contributed by atoms with E-state index in [1.54, 1.807) is 4.90 Å². The van der Waals surface area contributed by atoms with Gasteiger partial charge < -0.3 is 20.2 Å². The van der Waals surface area contributed by atoms with Gasteiger partial charge in [0.1, 0.15) is 0 Å². The number of hydrogen-bond acceptors (Lipinski definition) is 4. The van der Waals surface area contributed by atoms with Crippen LogP contribution in [0, 0.1) is 19.8 Å². The summed E-state index contributed by atoms with van der Waals surface area (Å²) in [4.78, 5) is 30.1. The van der Waals surface area contributed by atoms with Gasteiger partial charge in [0, 0.05) is 19.5 Å². The maximum absolute atomic E-state index is 12.1. The minimum atomic E-state index is -0.846. The molecule has 0 aliphatic carbocycles. The molecule has 134 valence electrons. The fourth-order valence-electron chi connectivity index (χ4n) is 3.09. The van der Waals surface area contributed by atoms with Crippen molar-refractivity contribution in [2.45, 2.75) is 32.8 Å². The van der Waals surface area contributed by atoms with Crippen molar-refractivity contribution in [2.75, 3.05) is 19.6 Å². The van der Waals surface area contributed by atoms with Crippen molar-refractivity contribution in [1.82, 2.24) is 10.2 Å². The van der Waals surface area contributed by atoms with Crippen molar-refractivity contribution < 1.29 is 19.5 Å². The summed E-state index contributed by atoms with van der Waals surface area (Å²) < 4.78 is 0. The Hall–Kier alpha value is -2.57. The predicted molar refractivity (Wildman–Crippen MR) is 92.7 cm³/mol. The van der Waals surface area contributed by atoms with E-state index in [9.17, 15) is 9.59 Å². The van der Waals surface area contributed by atoms with E-state index in [2.05, 4.69) is 36.5 Å². The van der Waals surface area contributed by atoms with Gasteiger partial charge in [-0.15, -0.1) is 0 Å². The summed E-state index contributed by atoms with van der Waals surface area (Å²) in [6, 6.07) is 5.94. The number of likely N-dealkylation sites (tertiary alicyclic amines) is 1. The zero-order valence-corrected chi connectivity index (χ0v) is 14.5. The number of carboxylic acids is 1. The normalized spacial score (nSPS) is 22.5. The summed E-state index contributed by atoms with van der Waals surface area (Å²) in [6.07, 6.45) is 0.946. The largest absolute Gasteiger partial charge is 0.481 e. The number of nitrogens with one attached hydrogen (secondary N) is 1. The number of carbonyl (C=O) groups is 2. The maximum atomic E-state index is 12.1. The van der Waals surface area contributed by atoms with E-state index in [0.29, 0.717) is 25.9 Å². The number of oxime groups is 1. The standard InChI is InChI=1S/C18H23N3O4/c1-11-3-4-13(7-12(11)2)16-8-15(25-20-16)9-19-18(24)21-6-5-14(10-21)17(22)23/h3-4,7,14-15H,5-6,8-10H2,1-2H3,(H,19,24)(H,22,23). The lowest BCUT2D eigenvalue weighted by molar-refractivity contribution is -0.141. The first kappa shape index (κ1) is 17.3. The number of benzene rings is 1. The second-order valence-corrected chi connectivity index (χ2v) is 6.72. The highest BCUT2D eigenvalue weighted by Gasteiger charge is 2.31. The first-order valence-electron chi connectivity index (χ1n) is 8.50. The minimum Gasteiger partial charge on any atom is -0.481 e. The van der Waals surface area contributed by atoms with Crippen LogP contribution in [-0.2, 0) is 9.63 Å². The van der Waals surface area contributed by atoms with Gasteiger partial charge >= 0.3 is 12.0 Å². The molecule has 7 nitrogen and oxygen atoms in total. The molecule has 25 heavy (non-hydrogen) atoms. The Morgan fingerprint density at radius 3 is 2.84 bits per heavy atom. The molecule has 0 saturated carbocycles. The lowest BCUT2D eigenvalue weighted by atomic mass is 10.0.